The number of aryl methyl sites for hydroxylation is 1. The lowest BCUT2D eigenvalue weighted by atomic mass is 10.1. The summed E-state index contributed by atoms with van der Waals surface area (Å²) < 4.78 is 0. The third-order valence-corrected chi connectivity index (χ3v) is 2.79. The minimum absolute atomic E-state index is 0.490. The molecular weight excluding hydrogens is 210 g/mol. The fourth-order valence-electron chi connectivity index (χ4n) is 1.20. The van der Waals surface area contributed by atoms with Crippen LogP contribution >= 0.6 is 11.8 Å². The number of hydrogen-bond acceptors (Lipinski definition) is 5. The Morgan fingerprint density at radius 1 is 1.60 bits per heavy atom. The number of nitrogens with zero attached hydrogens (tertiary/aromatic N) is 2. The summed E-state index contributed by atoms with van der Waals surface area (Å²) >= 11 is 1.62. The predicted molar refractivity (Wildman–Crippen MR) is 64.3 cm³/mol. The van der Waals surface area contributed by atoms with Gasteiger partial charge in [-0.05, 0) is 26.2 Å². The Labute approximate surface area is 94.5 Å². The Bertz CT molecular complexity index is 317. The van der Waals surface area contributed by atoms with Crippen LogP contribution in [0.25, 0.3) is 0 Å². The van der Waals surface area contributed by atoms with Crippen LogP contribution in [-0.4, -0.2) is 39.2 Å². The van der Waals surface area contributed by atoms with Crippen LogP contribution in [0.5, 0.6) is 0 Å². The first-order valence-corrected chi connectivity index (χ1v) is 6.18. The number of anilines is 1. The first kappa shape index (κ1) is 12.3. The van der Waals surface area contributed by atoms with Crippen LogP contribution < -0.4 is 5.32 Å². The number of rotatable bonds is 5. The van der Waals surface area contributed by atoms with Crippen molar-refractivity contribution < 1.29 is 5.11 Å². The lowest BCUT2D eigenvalue weighted by Gasteiger charge is -2.22. The Kier molecular flexibility index (Phi) is 4.35. The summed E-state index contributed by atoms with van der Waals surface area (Å²) in [6.45, 7) is 4.14. The van der Waals surface area contributed by atoms with Crippen LogP contribution in [0, 0.1) is 6.92 Å². The van der Waals surface area contributed by atoms with Gasteiger partial charge in [-0.25, -0.2) is 9.97 Å². The topological polar surface area (TPSA) is 58.0 Å². The summed E-state index contributed by atoms with van der Waals surface area (Å²) in [5.74, 6) is 2.18. The van der Waals surface area contributed by atoms with Gasteiger partial charge in [0.25, 0.3) is 0 Å². The maximum atomic E-state index is 9.92. The van der Waals surface area contributed by atoms with Crippen molar-refractivity contribution in [3.63, 3.8) is 0 Å². The molecule has 1 unspecified atom stereocenters. The summed E-state index contributed by atoms with van der Waals surface area (Å²) in [7, 11) is 0. The SMILES string of the molecule is CSCC(C)(O)CNc1ccnc(C)n1. The number of nitrogens with one attached hydrogen (secondary N) is 1. The predicted octanol–water partition coefficient (Wildman–Crippen LogP) is 1.31. The molecule has 0 aliphatic rings. The van der Waals surface area contributed by atoms with E-state index >= 15 is 0 Å². The van der Waals surface area contributed by atoms with Gasteiger partial charge in [-0.3, -0.25) is 0 Å². The van der Waals surface area contributed by atoms with Gasteiger partial charge in [0.05, 0.1) is 5.60 Å². The van der Waals surface area contributed by atoms with Crippen molar-refractivity contribution in [1.29, 1.82) is 0 Å². The molecule has 1 aromatic heterocycles. The first-order valence-electron chi connectivity index (χ1n) is 4.78. The second kappa shape index (κ2) is 5.32. The van der Waals surface area contributed by atoms with E-state index in [1.54, 1.807) is 24.0 Å². The highest BCUT2D eigenvalue weighted by Crippen LogP contribution is 2.11. The van der Waals surface area contributed by atoms with Crippen LogP contribution in [0.2, 0.25) is 0 Å². The molecule has 0 amide bonds. The Morgan fingerprint density at radius 3 is 2.93 bits per heavy atom. The zero-order chi connectivity index (χ0) is 11.3. The summed E-state index contributed by atoms with van der Waals surface area (Å²) in [5.41, 5.74) is -0.710. The van der Waals surface area contributed by atoms with Gasteiger partial charge in [0.1, 0.15) is 11.6 Å². The van der Waals surface area contributed by atoms with Crippen molar-refractivity contribution in [2.75, 3.05) is 23.9 Å². The molecule has 0 radical (unpaired) electrons. The lowest BCUT2D eigenvalue weighted by molar-refractivity contribution is 0.0996. The summed E-state index contributed by atoms with van der Waals surface area (Å²) in [4.78, 5) is 8.20. The molecule has 0 saturated heterocycles. The molecule has 15 heavy (non-hydrogen) atoms. The van der Waals surface area contributed by atoms with E-state index in [1.807, 2.05) is 20.1 Å². The largest absolute Gasteiger partial charge is 0.387 e. The highest BCUT2D eigenvalue weighted by molar-refractivity contribution is 7.98. The molecule has 0 aliphatic carbocycles. The quantitative estimate of drug-likeness (QED) is 0.794. The van der Waals surface area contributed by atoms with Crippen LogP contribution in [0.4, 0.5) is 5.82 Å². The molecule has 1 aromatic rings. The van der Waals surface area contributed by atoms with Gasteiger partial charge in [0.15, 0.2) is 0 Å². The smallest absolute Gasteiger partial charge is 0.129 e. The molecule has 4 nitrogen and oxygen atoms in total. The molecule has 0 saturated carbocycles. The van der Waals surface area contributed by atoms with Gasteiger partial charge < -0.3 is 10.4 Å². The van der Waals surface area contributed by atoms with Crippen molar-refractivity contribution in [3.05, 3.63) is 18.1 Å². The standard InChI is InChI=1S/C10H17N3OS/c1-8-11-5-4-9(13-8)12-6-10(2,14)7-15-3/h4-5,14H,6-7H2,1-3H3,(H,11,12,13). The van der Waals surface area contributed by atoms with E-state index in [9.17, 15) is 5.11 Å². The molecule has 0 spiro atoms. The molecular formula is C10H17N3OS. The molecule has 0 aromatic carbocycles. The number of aliphatic hydroxyl groups is 1. The summed E-state index contributed by atoms with van der Waals surface area (Å²) in [6, 6.07) is 1.79. The normalized spacial score (nSPS) is 14.7. The molecule has 0 fully saturated rings. The van der Waals surface area contributed by atoms with Gasteiger partial charge >= 0.3 is 0 Å². The highest BCUT2D eigenvalue weighted by Gasteiger charge is 2.19. The minimum atomic E-state index is -0.710. The third kappa shape index (κ3) is 4.48. The second-order valence-corrected chi connectivity index (χ2v) is 4.64. The number of aromatic nitrogens is 2. The molecule has 5 heteroatoms. The molecule has 1 heterocycles. The molecule has 0 bridgehead atoms. The summed E-state index contributed by atoms with van der Waals surface area (Å²) in [5, 5.41) is 13.0. The van der Waals surface area contributed by atoms with Crippen molar-refractivity contribution in [3.8, 4) is 0 Å². The van der Waals surface area contributed by atoms with Gasteiger partial charge in [0, 0.05) is 18.5 Å². The maximum absolute atomic E-state index is 9.92. The molecule has 2 N–H and O–H groups in total. The zero-order valence-corrected chi connectivity index (χ0v) is 10.1. The van der Waals surface area contributed by atoms with Gasteiger partial charge in [-0.2, -0.15) is 11.8 Å². The van der Waals surface area contributed by atoms with Crippen LogP contribution in [0.15, 0.2) is 12.3 Å². The molecule has 1 atom stereocenters. The average Bonchev–Trinajstić information content (AvgIpc) is 2.15. The van der Waals surface area contributed by atoms with Gasteiger partial charge in [-0.15, -0.1) is 0 Å². The molecule has 0 aliphatic heterocycles. The highest BCUT2D eigenvalue weighted by atomic mass is 32.2. The van der Waals surface area contributed by atoms with E-state index < -0.39 is 5.60 Å². The number of hydrogen-bond donors (Lipinski definition) is 2. The van der Waals surface area contributed by atoms with Crippen LogP contribution in [0.1, 0.15) is 12.7 Å². The van der Waals surface area contributed by atoms with E-state index in [0.29, 0.717) is 12.3 Å². The lowest BCUT2D eigenvalue weighted by Crippen LogP contribution is -2.36. The van der Waals surface area contributed by atoms with Crippen molar-refractivity contribution >= 4 is 17.6 Å². The van der Waals surface area contributed by atoms with Gasteiger partial charge in [0.2, 0.25) is 0 Å². The van der Waals surface area contributed by atoms with Crippen molar-refractivity contribution in [2.45, 2.75) is 19.4 Å². The first-order chi connectivity index (χ1) is 7.03. The fraction of sp³-hybridized carbons (Fsp3) is 0.600. The Hall–Kier alpha value is -0.810. The van der Waals surface area contributed by atoms with Crippen molar-refractivity contribution in [1.82, 2.24) is 9.97 Å². The third-order valence-electron chi connectivity index (χ3n) is 1.88. The second-order valence-electron chi connectivity index (χ2n) is 3.77. The van der Waals surface area contributed by atoms with E-state index in [-0.39, 0.29) is 0 Å². The van der Waals surface area contributed by atoms with E-state index in [2.05, 4.69) is 15.3 Å². The Balaban J connectivity index is 2.49. The fourth-order valence-corrected chi connectivity index (χ4v) is 1.92. The van der Waals surface area contributed by atoms with Crippen LogP contribution in [0.3, 0.4) is 0 Å². The van der Waals surface area contributed by atoms with E-state index in [0.717, 1.165) is 11.6 Å². The van der Waals surface area contributed by atoms with Crippen LogP contribution in [-0.2, 0) is 0 Å². The van der Waals surface area contributed by atoms with E-state index in [4.69, 9.17) is 0 Å². The zero-order valence-electron chi connectivity index (χ0n) is 9.32. The number of thioether (sulfide) groups is 1. The average molecular weight is 227 g/mol. The van der Waals surface area contributed by atoms with E-state index in [1.165, 1.54) is 0 Å². The summed E-state index contributed by atoms with van der Waals surface area (Å²) in [6.07, 6.45) is 3.68. The Morgan fingerprint density at radius 2 is 2.33 bits per heavy atom. The monoisotopic (exact) mass is 227 g/mol. The minimum Gasteiger partial charge on any atom is -0.387 e. The maximum Gasteiger partial charge on any atom is 0.129 e. The molecule has 84 valence electrons. The van der Waals surface area contributed by atoms with Crippen molar-refractivity contribution in [2.24, 2.45) is 0 Å². The van der Waals surface area contributed by atoms with Gasteiger partial charge in [-0.1, -0.05) is 0 Å². The molecule has 1 rings (SSSR count).